The smallest absolute Gasteiger partial charge is 0.0701 e. The van der Waals surface area contributed by atoms with Gasteiger partial charge in [0, 0.05) is 19.1 Å². The highest BCUT2D eigenvalue weighted by Crippen LogP contribution is 2.20. The van der Waals surface area contributed by atoms with E-state index in [0.29, 0.717) is 12.6 Å². The second-order valence-corrected chi connectivity index (χ2v) is 5.07. The third-order valence-corrected chi connectivity index (χ3v) is 3.18. The summed E-state index contributed by atoms with van der Waals surface area (Å²) in [5.74, 6) is 0. The van der Waals surface area contributed by atoms with E-state index in [9.17, 15) is 0 Å². The van der Waals surface area contributed by atoms with Crippen LogP contribution in [0.3, 0.4) is 0 Å². The van der Waals surface area contributed by atoms with Crippen molar-refractivity contribution < 1.29 is 0 Å². The normalized spacial score (nSPS) is 13.2. The van der Waals surface area contributed by atoms with E-state index >= 15 is 0 Å². The topological polar surface area (TPSA) is 38.0 Å². The number of thiophene rings is 1. The first-order valence-corrected chi connectivity index (χ1v) is 5.56. The van der Waals surface area contributed by atoms with Crippen molar-refractivity contribution in [2.75, 3.05) is 6.54 Å². The van der Waals surface area contributed by atoms with Gasteiger partial charge >= 0.3 is 0 Å². The highest BCUT2D eigenvalue weighted by Gasteiger charge is 1.99. The van der Waals surface area contributed by atoms with Crippen LogP contribution in [0.2, 0.25) is 0 Å². The lowest BCUT2D eigenvalue weighted by Gasteiger charge is -2.09. The van der Waals surface area contributed by atoms with Crippen LogP contribution >= 0.6 is 27.3 Å². The molecule has 0 aromatic carbocycles. The Morgan fingerprint density at radius 2 is 2.50 bits per heavy atom. The van der Waals surface area contributed by atoms with Crippen LogP contribution in [-0.4, -0.2) is 12.6 Å². The standard InChI is InChI=1S/C8H13BrN2S/c1-6(3-10)11-4-7-2-8(9)12-5-7/h2,5-6,11H,3-4,10H2,1H3. The van der Waals surface area contributed by atoms with Gasteiger partial charge in [0.05, 0.1) is 3.79 Å². The quantitative estimate of drug-likeness (QED) is 0.855. The molecule has 0 radical (unpaired) electrons. The number of hydrogen-bond donors (Lipinski definition) is 2. The van der Waals surface area contributed by atoms with Crippen LogP contribution in [-0.2, 0) is 6.54 Å². The molecule has 1 heterocycles. The van der Waals surface area contributed by atoms with Gasteiger partial charge in [0.2, 0.25) is 0 Å². The molecule has 4 heteroatoms. The van der Waals surface area contributed by atoms with Crippen LogP contribution < -0.4 is 11.1 Å². The second kappa shape index (κ2) is 4.97. The molecule has 0 spiro atoms. The lowest BCUT2D eigenvalue weighted by molar-refractivity contribution is 0.557. The van der Waals surface area contributed by atoms with Crippen LogP contribution in [0.5, 0.6) is 0 Å². The summed E-state index contributed by atoms with van der Waals surface area (Å²) in [6.45, 7) is 3.67. The molecule has 0 saturated carbocycles. The number of halogens is 1. The molecule has 1 aromatic heterocycles. The summed E-state index contributed by atoms with van der Waals surface area (Å²) in [5.41, 5.74) is 6.78. The van der Waals surface area contributed by atoms with Gasteiger partial charge in [-0.3, -0.25) is 0 Å². The molecule has 3 N–H and O–H groups in total. The highest BCUT2D eigenvalue weighted by molar-refractivity contribution is 9.11. The van der Waals surface area contributed by atoms with Crippen LogP contribution in [0.1, 0.15) is 12.5 Å². The van der Waals surface area contributed by atoms with Crippen LogP contribution in [0, 0.1) is 0 Å². The lowest BCUT2D eigenvalue weighted by Crippen LogP contribution is -2.32. The van der Waals surface area contributed by atoms with Crippen molar-refractivity contribution in [3.8, 4) is 0 Å². The van der Waals surface area contributed by atoms with E-state index in [4.69, 9.17) is 5.73 Å². The fourth-order valence-corrected chi connectivity index (χ4v) is 2.02. The van der Waals surface area contributed by atoms with Crippen LogP contribution in [0.4, 0.5) is 0 Å². The van der Waals surface area contributed by atoms with Crippen molar-refractivity contribution in [2.24, 2.45) is 5.73 Å². The van der Waals surface area contributed by atoms with E-state index in [0.717, 1.165) is 6.54 Å². The molecule has 2 nitrogen and oxygen atoms in total. The predicted molar refractivity (Wildman–Crippen MR) is 57.4 cm³/mol. The van der Waals surface area contributed by atoms with Crippen molar-refractivity contribution in [3.63, 3.8) is 0 Å². The Kier molecular flexibility index (Phi) is 4.21. The van der Waals surface area contributed by atoms with Crippen LogP contribution in [0.25, 0.3) is 0 Å². The molecular formula is C8H13BrN2S. The average Bonchev–Trinajstić information content (AvgIpc) is 2.47. The Morgan fingerprint density at radius 3 is 3.00 bits per heavy atom. The average molecular weight is 249 g/mol. The molecule has 1 unspecified atom stereocenters. The van der Waals surface area contributed by atoms with Crippen molar-refractivity contribution in [1.82, 2.24) is 5.32 Å². The maximum Gasteiger partial charge on any atom is 0.0701 e. The Balaban J connectivity index is 2.33. The summed E-state index contributed by atoms with van der Waals surface area (Å²) in [7, 11) is 0. The number of nitrogens with two attached hydrogens (primary N) is 1. The zero-order valence-electron chi connectivity index (χ0n) is 7.01. The molecule has 0 fully saturated rings. The minimum absolute atomic E-state index is 0.392. The van der Waals surface area contributed by atoms with E-state index in [2.05, 4.69) is 39.6 Å². The van der Waals surface area contributed by atoms with Gasteiger partial charge in [0.1, 0.15) is 0 Å². The largest absolute Gasteiger partial charge is 0.329 e. The second-order valence-electron chi connectivity index (χ2n) is 2.78. The van der Waals surface area contributed by atoms with Gasteiger partial charge in [-0.15, -0.1) is 11.3 Å². The summed E-state index contributed by atoms with van der Waals surface area (Å²) in [5, 5.41) is 5.46. The van der Waals surface area contributed by atoms with Gasteiger partial charge in [-0.05, 0) is 39.9 Å². The molecule has 0 saturated heterocycles. The van der Waals surface area contributed by atoms with Gasteiger partial charge in [-0.25, -0.2) is 0 Å². The maximum absolute atomic E-state index is 5.47. The minimum Gasteiger partial charge on any atom is -0.329 e. The maximum atomic E-state index is 5.47. The van der Waals surface area contributed by atoms with E-state index in [-0.39, 0.29) is 0 Å². The predicted octanol–water partition coefficient (Wildman–Crippen LogP) is 1.95. The number of rotatable bonds is 4. The van der Waals surface area contributed by atoms with Gasteiger partial charge in [-0.1, -0.05) is 0 Å². The summed E-state index contributed by atoms with van der Waals surface area (Å²) in [6, 6.07) is 2.52. The number of nitrogens with one attached hydrogen (secondary N) is 1. The van der Waals surface area contributed by atoms with Gasteiger partial charge < -0.3 is 11.1 Å². The molecule has 12 heavy (non-hydrogen) atoms. The lowest BCUT2D eigenvalue weighted by atomic mass is 10.3. The molecule has 0 bridgehead atoms. The summed E-state index contributed by atoms with van der Waals surface area (Å²) < 4.78 is 1.18. The molecule has 0 aliphatic carbocycles. The number of hydrogen-bond acceptors (Lipinski definition) is 3. The van der Waals surface area contributed by atoms with Crippen molar-refractivity contribution in [3.05, 3.63) is 20.8 Å². The molecule has 0 aliphatic heterocycles. The fourth-order valence-electron chi connectivity index (χ4n) is 0.814. The van der Waals surface area contributed by atoms with Crippen LogP contribution in [0.15, 0.2) is 15.2 Å². The molecule has 68 valence electrons. The molecular weight excluding hydrogens is 236 g/mol. The molecule has 1 atom stereocenters. The van der Waals surface area contributed by atoms with Crippen molar-refractivity contribution in [1.29, 1.82) is 0 Å². The first-order valence-electron chi connectivity index (χ1n) is 3.88. The third-order valence-electron chi connectivity index (χ3n) is 1.63. The van der Waals surface area contributed by atoms with Crippen molar-refractivity contribution in [2.45, 2.75) is 19.5 Å². The molecule has 0 amide bonds. The summed E-state index contributed by atoms with van der Waals surface area (Å²) in [6.07, 6.45) is 0. The Morgan fingerprint density at radius 1 is 1.75 bits per heavy atom. The van der Waals surface area contributed by atoms with E-state index in [1.165, 1.54) is 9.35 Å². The van der Waals surface area contributed by atoms with Gasteiger partial charge in [0.25, 0.3) is 0 Å². The zero-order valence-corrected chi connectivity index (χ0v) is 9.41. The monoisotopic (exact) mass is 248 g/mol. The SMILES string of the molecule is CC(CN)NCc1csc(Br)c1. The summed E-state index contributed by atoms with van der Waals surface area (Å²) in [4.78, 5) is 0. The summed E-state index contributed by atoms with van der Waals surface area (Å²) >= 11 is 5.13. The Bertz CT molecular complexity index is 237. The third kappa shape index (κ3) is 3.23. The Labute approximate surface area is 85.3 Å². The highest BCUT2D eigenvalue weighted by atomic mass is 79.9. The van der Waals surface area contributed by atoms with E-state index < -0.39 is 0 Å². The first kappa shape index (κ1) is 10.2. The first-order chi connectivity index (χ1) is 5.72. The zero-order chi connectivity index (χ0) is 8.97. The van der Waals surface area contributed by atoms with Gasteiger partial charge in [-0.2, -0.15) is 0 Å². The van der Waals surface area contributed by atoms with Crippen molar-refractivity contribution >= 4 is 27.3 Å². The van der Waals surface area contributed by atoms with E-state index in [1.807, 2.05) is 0 Å². The Hall–Kier alpha value is 0.100. The van der Waals surface area contributed by atoms with Gasteiger partial charge in [0.15, 0.2) is 0 Å². The molecule has 0 aliphatic rings. The molecule has 1 rings (SSSR count). The fraction of sp³-hybridized carbons (Fsp3) is 0.500. The van der Waals surface area contributed by atoms with E-state index in [1.54, 1.807) is 11.3 Å². The molecule has 1 aromatic rings. The minimum atomic E-state index is 0.392.